The molecule has 26 heavy (non-hydrogen) atoms. The first-order valence-corrected chi connectivity index (χ1v) is 8.61. The number of fused-ring (bicyclic) bond motifs is 1. The molecule has 0 fully saturated rings. The summed E-state index contributed by atoms with van der Waals surface area (Å²) in [5, 5.41) is 5.74. The van der Waals surface area contributed by atoms with Gasteiger partial charge < -0.3 is 19.5 Å². The normalized spacial score (nSPS) is 10.8. The summed E-state index contributed by atoms with van der Waals surface area (Å²) in [5.74, 6) is 1.54. The van der Waals surface area contributed by atoms with Gasteiger partial charge in [-0.15, -0.1) is 0 Å². The smallest absolute Gasteiger partial charge is 0.138 e. The van der Waals surface area contributed by atoms with Crippen LogP contribution in [0.25, 0.3) is 10.8 Å². The van der Waals surface area contributed by atoms with Gasteiger partial charge in [0, 0.05) is 18.7 Å². The summed E-state index contributed by atoms with van der Waals surface area (Å²) in [4.78, 5) is 8.48. The number of halogens is 1. The van der Waals surface area contributed by atoms with Gasteiger partial charge in [0.25, 0.3) is 0 Å². The number of hydrogen-bond acceptors (Lipinski definition) is 6. The van der Waals surface area contributed by atoms with Gasteiger partial charge in [-0.2, -0.15) is 0 Å². The highest BCUT2D eigenvalue weighted by Gasteiger charge is 2.05. The van der Waals surface area contributed by atoms with Gasteiger partial charge >= 0.3 is 0 Å². The summed E-state index contributed by atoms with van der Waals surface area (Å²) in [5.41, 5.74) is 0.822. The summed E-state index contributed by atoms with van der Waals surface area (Å²) in [7, 11) is 1.65. The van der Waals surface area contributed by atoms with Crippen molar-refractivity contribution in [2.45, 2.75) is 0 Å². The fourth-order valence-electron chi connectivity index (χ4n) is 2.39. The monoisotopic (exact) mass is 373 g/mol. The molecule has 7 heteroatoms. The molecular weight excluding hydrogens is 354 g/mol. The number of rotatable bonds is 9. The van der Waals surface area contributed by atoms with Gasteiger partial charge in [0.15, 0.2) is 0 Å². The Morgan fingerprint density at radius 3 is 2.69 bits per heavy atom. The maximum absolute atomic E-state index is 5.82. The van der Waals surface area contributed by atoms with Gasteiger partial charge in [0.05, 0.1) is 31.7 Å². The molecule has 0 radical (unpaired) electrons. The first-order valence-electron chi connectivity index (χ1n) is 8.23. The Morgan fingerprint density at radius 2 is 1.88 bits per heavy atom. The zero-order valence-corrected chi connectivity index (χ0v) is 15.2. The Balaban J connectivity index is 1.66. The summed E-state index contributed by atoms with van der Waals surface area (Å²) in [6, 6.07) is 11.4. The maximum Gasteiger partial charge on any atom is 0.138 e. The number of methoxy groups -OCH3 is 1. The number of ether oxygens (including phenoxy) is 3. The third kappa shape index (κ3) is 5.05. The lowest BCUT2D eigenvalue weighted by Gasteiger charge is -2.11. The topological polar surface area (TPSA) is 65.5 Å². The lowest BCUT2D eigenvalue weighted by Crippen LogP contribution is -2.09. The molecule has 0 saturated carbocycles. The van der Waals surface area contributed by atoms with Crippen LogP contribution in [0, 0.1) is 0 Å². The fraction of sp³-hybridized carbons (Fsp3) is 0.263. The average molecular weight is 374 g/mol. The lowest BCUT2D eigenvalue weighted by atomic mass is 10.1. The van der Waals surface area contributed by atoms with E-state index >= 15 is 0 Å². The Hall–Kier alpha value is -2.41. The largest absolute Gasteiger partial charge is 0.491 e. The number of aromatic nitrogens is 2. The predicted octanol–water partition coefficient (Wildman–Crippen LogP) is 4.07. The average Bonchev–Trinajstić information content (AvgIpc) is 2.66. The number of benzene rings is 1. The third-order valence-electron chi connectivity index (χ3n) is 3.65. The van der Waals surface area contributed by atoms with E-state index in [9.17, 15) is 0 Å². The second-order valence-corrected chi connectivity index (χ2v) is 5.88. The molecule has 1 aromatic carbocycles. The summed E-state index contributed by atoms with van der Waals surface area (Å²) < 4.78 is 16.1. The quantitative estimate of drug-likeness (QED) is 0.450. The molecular formula is C19H20ClN3O3. The van der Waals surface area contributed by atoms with E-state index < -0.39 is 0 Å². The minimum atomic E-state index is 0.453. The van der Waals surface area contributed by atoms with Gasteiger partial charge in [-0.1, -0.05) is 11.6 Å². The van der Waals surface area contributed by atoms with E-state index in [1.54, 1.807) is 25.6 Å². The summed E-state index contributed by atoms with van der Waals surface area (Å²) in [6.07, 6.45) is 3.43. The number of hydrogen-bond donors (Lipinski definition) is 1. The van der Waals surface area contributed by atoms with Crippen molar-refractivity contribution in [1.82, 2.24) is 9.97 Å². The van der Waals surface area contributed by atoms with Crippen LogP contribution in [0.3, 0.4) is 0 Å². The molecule has 0 atom stereocenters. The van der Waals surface area contributed by atoms with Crippen molar-refractivity contribution in [3.05, 3.63) is 53.9 Å². The van der Waals surface area contributed by atoms with Crippen molar-refractivity contribution >= 4 is 33.9 Å². The van der Waals surface area contributed by atoms with E-state index in [1.807, 2.05) is 30.3 Å². The Bertz CT molecular complexity index is 843. The standard InChI is InChI=1S/C19H20ClN3O3/c1-24-8-9-25-10-11-26-16-3-4-17-14(12-16)6-7-21-19(17)23-15-2-5-18(20)22-13-15/h2-7,12-13H,8-11H2,1H3,(H,21,23). The fourth-order valence-corrected chi connectivity index (χ4v) is 2.51. The van der Waals surface area contributed by atoms with Crippen LogP contribution in [0.15, 0.2) is 48.8 Å². The molecule has 0 aliphatic rings. The molecule has 1 N–H and O–H groups in total. The van der Waals surface area contributed by atoms with Crippen molar-refractivity contribution in [1.29, 1.82) is 0 Å². The van der Waals surface area contributed by atoms with Gasteiger partial charge in [-0.25, -0.2) is 9.97 Å². The Morgan fingerprint density at radius 1 is 1.00 bits per heavy atom. The Labute approximate surface area is 157 Å². The van der Waals surface area contributed by atoms with E-state index in [4.69, 9.17) is 25.8 Å². The predicted molar refractivity (Wildman–Crippen MR) is 102 cm³/mol. The number of anilines is 2. The molecule has 2 aromatic heterocycles. The van der Waals surface area contributed by atoms with Crippen molar-refractivity contribution in [3.8, 4) is 5.75 Å². The Kier molecular flexibility index (Phi) is 6.60. The minimum Gasteiger partial charge on any atom is -0.491 e. The summed E-state index contributed by atoms with van der Waals surface area (Å²) >= 11 is 5.82. The maximum atomic E-state index is 5.82. The van der Waals surface area contributed by atoms with Gasteiger partial charge in [0.2, 0.25) is 0 Å². The number of nitrogens with zero attached hydrogens (tertiary/aromatic N) is 2. The molecule has 0 spiro atoms. The second-order valence-electron chi connectivity index (χ2n) is 5.49. The van der Waals surface area contributed by atoms with Crippen LogP contribution in [-0.2, 0) is 9.47 Å². The van der Waals surface area contributed by atoms with Crippen LogP contribution < -0.4 is 10.1 Å². The molecule has 3 aromatic rings. The van der Waals surface area contributed by atoms with E-state index in [-0.39, 0.29) is 0 Å². The van der Waals surface area contributed by atoms with Crippen molar-refractivity contribution < 1.29 is 14.2 Å². The van der Waals surface area contributed by atoms with Crippen LogP contribution in [0.4, 0.5) is 11.5 Å². The molecule has 0 aliphatic carbocycles. The van der Waals surface area contributed by atoms with Crippen LogP contribution in [0.2, 0.25) is 5.15 Å². The number of nitrogens with one attached hydrogen (secondary N) is 1. The highest BCUT2D eigenvalue weighted by atomic mass is 35.5. The molecule has 3 rings (SSSR count). The van der Waals surface area contributed by atoms with Crippen LogP contribution in [0.1, 0.15) is 0 Å². The van der Waals surface area contributed by atoms with Crippen LogP contribution in [-0.4, -0.2) is 43.5 Å². The molecule has 0 amide bonds. The van der Waals surface area contributed by atoms with Crippen molar-refractivity contribution in [2.75, 3.05) is 38.9 Å². The second kappa shape index (κ2) is 9.33. The van der Waals surface area contributed by atoms with E-state index in [0.717, 1.165) is 28.0 Å². The highest BCUT2D eigenvalue weighted by molar-refractivity contribution is 6.29. The lowest BCUT2D eigenvalue weighted by molar-refractivity contribution is 0.0544. The van der Waals surface area contributed by atoms with Crippen LogP contribution >= 0.6 is 11.6 Å². The minimum absolute atomic E-state index is 0.453. The molecule has 0 saturated heterocycles. The SMILES string of the molecule is COCCOCCOc1ccc2c(Nc3ccc(Cl)nc3)nccc2c1. The first-order chi connectivity index (χ1) is 12.8. The first kappa shape index (κ1) is 18.4. The van der Waals surface area contributed by atoms with Crippen molar-refractivity contribution in [3.63, 3.8) is 0 Å². The van der Waals surface area contributed by atoms with E-state index in [0.29, 0.717) is 31.6 Å². The summed E-state index contributed by atoms with van der Waals surface area (Å²) in [6.45, 7) is 2.16. The molecule has 2 heterocycles. The van der Waals surface area contributed by atoms with E-state index in [2.05, 4.69) is 15.3 Å². The zero-order valence-electron chi connectivity index (χ0n) is 14.4. The molecule has 6 nitrogen and oxygen atoms in total. The molecule has 0 unspecified atom stereocenters. The van der Waals surface area contributed by atoms with E-state index in [1.165, 1.54) is 0 Å². The number of pyridine rings is 2. The molecule has 0 aliphatic heterocycles. The third-order valence-corrected chi connectivity index (χ3v) is 3.88. The molecule has 136 valence electrons. The van der Waals surface area contributed by atoms with Crippen molar-refractivity contribution in [2.24, 2.45) is 0 Å². The molecule has 0 bridgehead atoms. The zero-order chi connectivity index (χ0) is 18.2. The van der Waals surface area contributed by atoms with Gasteiger partial charge in [0.1, 0.15) is 23.3 Å². The highest BCUT2D eigenvalue weighted by Crippen LogP contribution is 2.27. The van der Waals surface area contributed by atoms with Crippen LogP contribution in [0.5, 0.6) is 5.75 Å². The van der Waals surface area contributed by atoms with Gasteiger partial charge in [-0.05, 0) is 41.8 Å². The van der Waals surface area contributed by atoms with Gasteiger partial charge in [-0.3, -0.25) is 0 Å².